The molecule has 1 amide bonds. The number of rotatable bonds is 11. The average Bonchev–Trinajstić information content (AvgIpc) is 3.52. The molecule has 0 radical (unpaired) electrons. The van der Waals surface area contributed by atoms with E-state index in [0.29, 0.717) is 50.7 Å². The van der Waals surface area contributed by atoms with Crippen molar-refractivity contribution in [3.05, 3.63) is 42.7 Å². The van der Waals surface area contributed by atoms with Crippen LogP contribution in [0.4, 0.5) is 5.95 Å². The minimum atomic E-state index is -3.02. The van der Waals surface area contributed by atoms with E-state index in [1.54, 1.807) is 6.20 Å². The number of carbonyl (C=O) groups excluding carboxylic acids is 2. The van der Waals surface area contributed by atoms with Gasteiger partial charge >= 0.3 is 5.97 Å². The van der Waals surface area contributed by atoms with Crippen LogP contribution in [0.3, 0.4) is 0 Å². The zero-order chi connectivity index (χ0) is 33.7. The van der Waals surface area contributed by atoms with Gasteiger partial charge in [0.15, 0.2) is 0 Å². The van der Waals surface area contributed by atoms with Crippen LogP contribution in [-0.2, 0) is 24.2 Å². The summed E-state index contributed by atoms with van der Waals surface area (Å²) in [5, 5.41) is 4.42. The van der Waals surface area contributed by atoms with Crippen molar-refractivity contribution >= 4 is 38.6 Å². The second-order valence-electron chi connectivity index (χ2n) is 13.6. The second kappa shape index (κ2) is 15.2. The minimum absolute atomic E-state index is 0.0133. The van der Waals surface area contributed by atoms with Gasteiger partial charge in [-0.15, -0.1) is 0 Å². The smallest absolute Gasteiger partial charge is 0.323 e. The average molecular weight is 681 g/mol. The number of nitrogens with zero attached hydrogens (tertiary/aromatic N) is 5. The predicted molar refractivity (Wildman–Crippen MR) is 184 cm³/mol. The van der Waals surface area contributed by atoms with E-state index < -0.39 is 9.84 Å². The fourth-order valence-corrected chi connectivity index (χ4v) is 7.90. The van der Waals surface area contributed by atoms with E-state index in [4.69, 9.17) is 14.5 Å². The van der Waals surface area contributed by atoms with Crippen molar-refractivity contribution in [3.63, 3.8) is 0 Å². The third kappa shape index (κ3) is 8.46. The van der Waals surface area contributed by atoms with E-state index in [2.05, 4.69) is 15.2 Å². The van der Waals surface area contributed by atoms with Crippen LogP contribution < -0.4 is 10.1 Å². The van der Waals surface area contributed by atoms with Gasteiger partial charge in [0.25, 0.3) is 0 Å². The number of likely N-dealkylation sites (N-methyl/N-ethyl adjacent to an activating group) is 1. The molecular weight excluding hydrogens is 632 g/mol. The van der Waals surface area contributed by atoms with Gasteiger partial charge in [0, 0.05) is 61.9 Å². The van der Waals surface area contributed by atoms with Gasteiger partial charge in [-0.3, -0.25) is 14.5 Å². The zero-order valence-corrected chi connectivity index (χ0v) is 28.9. The lowest BCUT2D eigenvalue weighted by Gasteiger charge is -2.37. The van der Waals surface area contributed by atoms with Crippen molar-refractivity contribution in [3.8, 4) is 11.6 Å². The first kappa shape index (κ1) is 34.2. The number of likely N-dealkylation sites (tertiary alicyclic amines) is 2. The summed E-state index contributed by atoms with van der Waals surface area (Å²) in [6.07, 6.45) is 13.1. The predicted octanol–water partition coefficient (Wildman–Crippen LogP) is 4.22. The summed E-state index contributed by atoms with van der Waals surface area (Å²) in [6.45, 7) is 2.54. The Labute approximate surface area is 283 Å². The van der Waals surface area contributed by atoms with Gasteiger partial charge < -0.3 is 24.3 Å². The largest absolute Gasteiger partial charge is 0.493 e. The second-order valence-corrected chi connectivity index (χ2v) is 15.9. The summed E-state index contributed by atoms with van der Waals surface area (Å²) in [5.41, 5.74) is 0.929. The van der Waals surface area contributed by atoms with E-state index in [1.165, 1.54) is 6.26 Å². The molecule has 2 saturated heterocycles. The molecule has 4 heterocycles. The SMILES string of the molecule is CN1CCCC[C@H]1C(=O)OC1CCN(C(=O)[C@H]2CC[C@H](Nc3nccc(-n4ccc5c(OCCCS(C)(=O)=O)cccc54)n3)CC2)CC1. The number of anilines is 1. The maximum Gasteiger partial charge on any atom is 0.323 e. The Bertz CT molecular complexity index is 1680. The number of hydrogen-bond donors (Lipinski definition) is 1. The summed E-state index contributed by atoms with van der Waals surface area (Å²) in [5.74, 6) is 2.20. The number of carbonyl (C=O) groups is 2. The first-order valence-corrected chi connectivity index (χ1v) is 19.4. The first-order chi connectivity index (χ1) is 23.1. The molecule has 0 bridgehead atoms. The number of fused-ring (bicyclic) bond motifs is 1. The Balaban J connectivity index is 0.975. The highest BCUT2D eigenvalue weighted by Crippen LogP contribution is 2.31. The minimum Gasteiger partial charge on any atom is -0.493 e. The van der Waals surface area contributed by atoms with Crippen LogP contribution in [0.2, 0.25) is 0 Å². The quantitative estimate of drug-likeness (QED) is 0.232. The summed E-state index contributed by atoms with van der Waals surface area (Å²) in [7, 11) is -1.03. The third-order valence-electron chi connectivity index (χ3n) is 9.99. The van der Waals surface area contributed by atoms with Crippen LogP contribution in [0.25, 0.3) is 16.7 Å². The number of aromatic nitrogens is 3. The maximum atomic E-state index is 13.4. The molecule has 48 heavy (non-hydrogen) atoms. The molecule has 1 atom stereocenters. The number of nitrogens with one attached hydrogen (secondary N) is 1. The Kier molecular flexibility index (Phi) is 10.8. The van der Waals surface area contributed by atoms with Gasteiger partial charge in [-0.1, -0.05) is 12.5 Å². The number of piperidine rings is 2. The zero-order valence-electron chi connectivity index (χ0n) is 28.1. The van der Waals surface area contributed by atoms with Crippen molar-refractivity contribution < 1.29 is 27.5 Å². The number of esters is 1. The van der Waals surface area contributed by atoms with Crippen LogP contribution in [0, 0.1) is 5.92 Å². The van der Waals surface area contributed by atoms with Gasteiger partial charge in [0.1, 0.15) is 33.6 Å². The van der Waals surface area contributed by atoms with E-state index in [9.17, 15) is 18.0 Å². The topological polar surface area (TPSA) is 136 Å². The summed E-state index contributed by atoms with van der Waals surface area (Å²) < 4.78 is 36.7. The lowest BCUT2D eigenvalue weighted by atomic mass is 9.85. The molecule has 3 fully saturated rings. The molecule has 260 valence electrons. The van der Waals surface area contributed by atoms with Crippen LogP contribution in [0.15, 0.2) is 42.7 Å². The van der Waals surface area contributed by atoms with Crippen molar-refractivity contribution in [2.45, 2.75) is 82.4 Å². The van der Waals surface area contributed by atoms with Crippen molar-refractivity contribution in [1.82, 2.24) is 24.3 Å². The van der Waals surface area contributed by atoms with E-state index >= 15 is 0 Å². The van der Waals surface area contributed by atoms with Gasteiger partial charge in [0.2, 0.25) is 11.9 Å². The van der Waals surface area contributed by atoms with Gasteiger partial charge in [-0.2, -0.15) is 4.98 Å². The fraction of sp³-hybridized carbons (Fsp3) is 0.600. The molecule has 2 aliphatic heterocycles. The molecule has 6 rings (SSSR count). The fourth-order valence-electron chi connectivity index (χ4n) is 7.26. The normalized spacial score (nSPS) is 22.8. The van der Waals surface area contributed by atoms with Crippen molar-refractivity contribution in [2.75, 3.05) is 50.6 Å². The number of amides is 1. The van der Waals surface area contributed by atoms with E-state index in [0.717, 1.165) is 68.2 Å². The van der Waals surface area contributed by atoms with Crippen molar-refractivity contribution in [2.24, 2.45) is 5.92 Å². The van der Waals surface area contributed by atoms with E-state index in [-0.39, 0.29) is 41.7 Å². The van der Waals surface area contributed by atoms with Crippen LogP contribution in [0.5, 0.6) is 5.75 Å². The monoisotopic (exact) mass is 680 g/mol. The molecule has 0 spiro atoms. The Morgan fingerprint density at radius 3 is 2.52 bits per heavy atom. The first-order valence-electron chi connectivity index (χ1n) is 17.3. The molecule has 13 heteroatoms. The molecule has 1 aliphatic carbocycles. The van der Waals surface area contributed by atoms with Gasteiger partial charge in [0.05, 0.1) is 17.9 Å². The van der Waals surface area contributed by atoms with E-state index in [1.807, 2.05) is 53.0 Å². The highest BCUT2D eigenvalue weighted by Gasteiger charge is 2.34. The van der Waals surface area contributed by atoms with Gasteiger partial charge in [-0.05, 0) is 82.8 Å². The number of benzene rings is 1. The lowest BCUT2D eigenvalue weighted by Crippen LogP contribution is -2.47. The molecule has 0 unspecified atom stereocenters. The molecule has 3 aliphatic rings. The van der Waals surface area contributed by atoms with Crippen molar-refractivity contribution in [1.29, 1.82) is 0 Å². The number of hydrogen-bond acceptors (Lipinski definition) is 10. The number of sulfone groups is 1. The molecule has 3 aromatic rings. The molecule has 12 nitrogen and oxygen atoms in total. The summed E-state index contributed by atoms with van der Waals surface area (Å²) >= 11 is 0. The Hall–Kier alpha value is -3.71. The van der Waals surface area contributed by atoms with Gasteiger partial charge in [-0.25, -0.2) is 13.4 Å². The van der Waals surface area contributed by atoms with Crippen LogP contribution >= 0.6 is 0 Å². The Morgan fingerprint density at radius 1 is 0.979 bits per heavy atom. The molecule has 2 aromatic heterocycles. The highest BCUT2D eigenvalue weighted by atomic mass is 32.2. The van der Waals surface area contributed by atoms with Crippen LogP contribution in [0.1, 0.15) is 64.2 Å². The molecular formula is C35H48N6O6S. The summed E-state index contributed by atoms with van der Waals surface area (Å²) in [4.78, 5) is 39.5. The molecule has 1 aromatic carbocycles. The standard InChI is InChI=1S/C35H48N6O6S/c1-39-19-4-3-7-30(39)34(43)47-27-15-20-40(21-16-27)33(42)25-10-12-26(13-11-25)37-35-36-18-14-32(38-35)41-22-17-28-29(41)8-5-9-31(28)46-23-6-24-48(2,44)45/h5,8-9,14,17-18,22,25-27,30H,3-4,6-7,10-13,15-16,19-21,23-24H2,1-2H3,(H,36,37,38)/t25-,26-,30-/m0/s1. The summed E-state index contributed by atoms with van der Waals surface area (Å²) in [6, 6.07) is 9.68. The highest BCUT2D eigenvalue weighted by molar-refractivity contribution is 7.90. The number of ether oxygens (including phenoxy) is 2. The maximum absolute atomic E-state index is 13.4. The molecule has 1 saturated carbocycles. The Morgan fingerprint density at radius 2 is 1.77 bits per heavy atom. The van der Waals surface area contributed by atoms with Crippen LogP contribution in [-0.4, -0.2) is 108 Å². The lowest BCUT2D eigenvalue weighted by molar-refractivity contribution is -0.159. The molecule has 1 N–H and O–H groups in total. The third-order valence-corrected chi connectivity index (χ3v) is 11.0.